The van der Waals surface area contributed by atoms with E-state index in [1.54, 1.807) is 11.3 Å². The molecule has 0 radical (unpaired) electrons. The van der Waals surface area contributed by atoms with Gasteiger partial charge in [-0.1, -0.05) is 6.42 Å². The molecule has 1 aliphatic rings. The van der Waals surface area contributed by atoms with Gasteiger partial charge in [-0.2, -0.15) is 11.8 Å². The van der Waals surface area contributed by atoms with Crippen LogP contribution < -0.4 is 5.32 Å². The van der Waals surface area contributed by atoms with Crippen LogP contribution >= 0.6 is 23.1 Å². The summed E-state index contributed by atoms with van der Waals surface area (Å²) in [5.41, 5.74) is 2.48. The Morgan fingerprint density at radius 1 is 1.56 bits per heavy atom. The van der Waals surface area contributed by atoms with E-state index in [4.69, 9.17) is 0 Å². The minimum Gasteiger partial charge on any atom is -0.307 e. The largest absolute Gasteiger partial charge is 0.307 e. The van der Waals surface area contributed by atoms with Gasteiger partial charge >= 0.3 is 0 Å². The Morgan fingerprint density at radius 2 is 2.44 bits per heavy atom. The second-order valence-corrected chi connectivity index (χ2v) is 6.84. The molecule has 0 amide bonds. The highest BCUT2D eigenvalue weighted by molar-refractivity contribution is 7.99. The topological polar surface area (TPSA) is 29.3 Å². The van der Waals surface area contributed by atoms with E-state index in [2.05, 4.69) is 39.5 Å². The molecule has 5 heteroatoms. The summed E-state index contributed by atoms with van der Waals surface area (Å²) >= 11 is 3.71. The zero-order valence-electron chi connectivity index (χ0n) is 10.8. The van der Waals surface area contributed by atoms with Crippen LogP contribution in [0.3, 0.4) is 0 Å². The maximum Gasteiger partial charge on any atom is 0.194 e. The molecule has 18 heavy (non-hydrogen) atoms. The van der Waals surface area contributed by atoms with Crippen molar-refractivity contribution in [3.8, 4) is 0 Å². The van der Waals surface area contributed by atoms with Gasteiger partial charge < -0.3 is 5.32 Å². The Morgan fingerprint density at radius 3 is 3.28 bits per heavy atom. The van der Waals surface area contributed by atoms with Crippen LogP contribution in [0.25, 0.3) is 4.96 Å². The molecule has 3 rings (SSSR count). The summed E-state index contributed by atoms with van der Waals surface area (Å²) < 4.78 is 2.22. The average molecular weight is 281 g/mol. The monoisotopic (exact) mass is 281 g/mol. The molecule has 3 nitrogen and oxygen atoms in total. The molecular weight excluding hydrogens is 262 g/mol. The Labute approximate surface area is 116 Å². The number of nitrogens with one attached hydrogen (secondary N) is 1. The molecule has 0 saturated heterocycles. The quantitative estimate of drug-likeness (QED) is 0.934. The molecule has 0 bridgehead atoms. The molecule has 1 saturated carbocycles. The van der Waals surface area contributed by atoms with Crippen LogP contribution in [0.1, 0.15) is 30.7 Å². The normalized spacial score (nSPS) is 24.1. The summed E-state index contributed by atoms with van der Waals surface area (Å²) in [6.45, 7) is 3.04. The van der Waals surface area contributed by atoms with Crippen LogP contribution in [0.15, 0.2) is 11.6 Å². The first-order chi connectivity index (χ1) is 8.79. The van der Waals surface area contributed by atoms with Gasteiger partial charge in [0.1, 0.15) is 0 Å². The van der Waals surface area contributed by atoms with E-state index < -0.39 is 0 Å². The van der Waals surface area contributed by atoms with Crippen LogP contribution in [0.4, 0.5) is 0 Å². The first-order valence-electron chi connectivity index (χ1n) is 6.47. The number of hydrogen-bond acceptors (Lipinski definition) is 4. The summed E-state index contributed by atoms with van der Waals surface area (Å²) in [5, 5.41) is 6.62. The minimum absolute atomic E-state index is 0.670. The van der Waals surface area contributed by atoms with Gasteiger partial charge in [0.05, 0.1) is 11.4 Å². The van der Waals surface area contributed by atoms with Crippen molar-refractivity contribution in [1.82, 2.24) is 14.7 Å². The minimum atomic E-state index is 0.670. The molecule has 0 aromatic carbocycles. The molecule has 1 aliphatic carbocycles. The lowest BCUT2D eigenvalue weighted by Gasteiger charge is -2.19. The fourth-order valence-electron chi connectivity index (χ4n) is 2.82. The highest BCUT2D eigenvalue weighted by Gasteiger charge is 2.26. The zero-order valence-corrected chi connectivity index (χ0v) is 12.5. The van der Waals surface area contributed by atoms with Crippen molar-refractivity contribution in [3.63, 3.8) is 0 Å². The number of aromatic nitrogens is 2. The van der Waals surface area contributed by atoms with Gasteiger partial charge in [-0.05, 0) is 26.0 Å². The number of aryl methyl sites for hydroxylation is 1. The SMILES string of the molecule is CSC1CCCC1NCc1c(C)nc2sccn12. The lowest BCUT2D eigenvalue weighted by atomic mass is 10.2. The maximum absolute atomic E-state index is 4.59. The summed E-state index contributed by atoms with van der Waals surface area (Å²) in [6.07, 6.45) is 8.39. The fourth-order valence-corrected chi connectivity index (χ4v) is 4.56. The number of rotatable bonds is 4. The lowest BCUT2D eigenvalue weighted by molar-refractivity contribution is 0.525. The number of thiazole rings is 1. The first-order valence-corrected chi connectivity index (χ1v) is 8.63. The molecule has 2 heterocycles. The molecule has 1 fully saturated rings. The Hall–Kier alpha value is -0.520. The molecule has 98 valence electrons. The summed E-state index contributed by atoms with van der Waals surface area (Å²) in [4.78, 5) is 5.70. The van der Waals surface area contributed by atoms with Crippen molar-refractivity contribution in [2.45, 2.75) is 44.0 Å². The zero-order chi connectivity index (χ0) is 12.5. The third-order valence-electron chi connectivity index (χ3n) is 3.85. The third kappa shape index (κ3) is 2.19. The van der Waals surface area contributed by atoms with Crippen molar-refractivity contribution in [3.05, 3.63) is 23.0 Å². The highest BCUT2D eigenvalue weighted by atomic mass is 32.2. The Balaban J connectivity index is 1.72. The van der Waals surface area contributed by atoms with Gasteiger partial charge in [-0.25, -0.2) is 4.98 Å². The second-order valence-electron chi connectivity index (χ2n) is 4.89. The van der Waals surface area contributed by atoms with E-state index in [0.29, 0.717) is 6.04 Å². The van der Waals surface area contributed by atoms with Crippen molar-refractivity contribution in [2.24, 2.45) is 0 Å². The number of thioether (sulfide) groups is 1. The lowest BCUT2D eigenvalue weighted by Crippen LogP contribution is -2.33. The van der Waals surface area contributed by atoms with Gasteiger partial charge in [0, 0.05) is 29.4 Å². The number of imidazole rings is 1. The fraction of sp³-hybridized carbons (Fsp3) is 0.615. The van der Waals surface area contributed by atoms with E-state index in [1.807, 2.05) is 11.8 Å². The van der Waals surface area contributed by atoms with Crippen molar-refractivity contribution >= 4 is 28.1 Å². The summed E-state index contributed by atoms with van der Waals surface area (Å²) in [6, 6.07) is 0.670. The number of nitrogens with zero attached hydrogens (tertiary/aromatic N) is 2. The molecule has 2 aromatic heterocycles. The Kier molecular flexibility index (Phi) is 3.63. The molecule has 2 aromatic rings. The predicted octanol–water partition coefficient (Wildman–Crippen LogP) is 3.08. The number of fused-ring (bicyclic) bond motifs is 1. The molecule has 2 atom stereocenters. The van der Waals surface area contributed by atoms with Gasteiger partial charge in [-0.3, -0.25) is 4.40 Å². The summed E-state index contributed by atoms with van der Waals surface area (Å²) in [7, 11) is 0. The van der Waals surface area contributed by atoms with Crippen LogP contribution in [-0.4, -0.2) is 26.9 Å². The van der Waals surface area contributed by atoms with Crippen LogP contribution in [0.5, 0.6) is 0 Å². The third-order valence-corrected chi connectivity index (χ3v) is 5.77. The number of hydrogen-bond donors (Lipinski definition) is 1. The highest BCUT2D eigenvalue weighted by Crippen LogP contribution is 2.28. The molecule has 0 spiro atoms. The van der Waals surface area contributed by atoms with Crippen molar-refractivity contribution in [2.75, 3.05) is 6.26 Å². The van der Waals surface area contributed by atoms with E-state index in [0.717, 1.165) is 22.4 Å². The van der Waals surface area contributed by atoms with E-state index in [-0.39, 0.29) is 0 Å². The average Bonchev–Trinajstić information content (AvgIpc) is 3.02. The van der Waals surface area contributed by atoms with Gasteiger partial charge in [-0.15, -0.1) is 11.3 Å². The van der Waals surface area contributed by atoms with E-state index in [9.17, 15) is 0 Å². The maximum atomic E-state index is 4.59. The van der Waals surface area contributed by atoms with Gasteiger partial charge in [0.25, 0.3) is 0 Å². The van der Waals surface area contributed by atoms with Crippen LogP contribution in [0, 0.1) is 6.92 Å². The first kappa shape index (κ1) is 12.5. The van der Waals surface area contributed by atoms with Crippen molar-refractivity contribution in [1.29, 1.82) is 0 Å². The molecule has 1 N–H and O–H groups in total. The van der Waals surface area contributed by atoms with Gasteiger partial charge in [0.2, 0.25) is 0 Å². The van der Waals surface area contributed by atoms with E-state index >= 15 is 0 Å². The summed E-state index contributed by atoms with van der Waals surface area (Å²) in [5.74, 6) is 0. The molecule has 0 aliphatic heterocycles. The van der Waals surface area contributed by atoms with Crippen LogP contribution in [-0.2, 0) is 6.54 Å². The Bertz CT molecular complexity index is 531. The molecular formula is C13H19N3S2. The van der Waals surface area contributed by atoms with E-state index in [1.165, 1.54) is 25.0 Å². The smallest absolute Gasteiger partial charge is 0.194 e. The van der Waals surface area contributed by atoms with Crippen LogP contribution in [0.2, 0.25) is 0 Å². The second kappa shape index (κ2) is 5.23. The van der Waals surface area contributed by atoms with Gasteiger partial charge in [0.15, 0.2) is 4.96 Å². The van der Waals surface area contributed by atoms with Crippen molar-refractivity contribution < 1.29 is 0 Å². The molecule has 2 unspecified atom stereocenters. The predicted molar refractivity (Wildman–Crippen MR) is 79.6 cm³/mol. The standard InChI is InChI=1S/C13H19N3S2/c1-9-11(16-6-7-18-13(16)15-9)8-14-10-4-3-5-12(10)17-2/h6-7,10,12,14H,3-5,8H2,1-2H3.